The smallest absolute Gasteiger partial charge is 0.422 e. The van der Waals surface area contributed by atoms with E-state index < -0.39 is 11.7 Å². The molecule has 1 unspecified atom stereocenters. The third-order valence-electron chi connectivity index (χ3n) is 2.88. The summed E-state index contributed by atoms with van der Waals surface area (Å²) in [6, 6.07) is 8.46. The van der Waals surface area contributed by atoms with Gasteiger partial charge in [0.05, 0.1) is 6.04 Å². The summed E-state index contributed by atoms with van der Waals surface area (Å²) >= 11 is 0. The minimum atomic E-state index is -0.473. The second-order valence-corrected chi connectivity index (χ2v) is 5.56. The molecule has 0 heterocycles. The first-order valence-electron chi connectivity index (χ1n) is 6.28. The predicted octanol–water partition coefficient (Wildman–Crippen LogP) is 2.70. The van der Waals surface area contributed by atoms with Crippen LogP contribution in [-0.2, 0) is 11.2 Å². The van der Waals surface area contributed by atoms with Crippen molar-refractivity contribution in [3.63, 3.8) is 0 Å². The number of aryl methyl sites for hydroxylation is 1. The van der Waals surface area contributed by atoms with E-state index in [2.05, 4.69) is 23.0 Å². The van der Waals surface area contributed by atoms with Crippen molar-refractivity contribution in [2.24, 2.45) is 0 Å². The zero-order chi connectivity index (χ0) is 13.2. The maximum atomic E-state index is 11.5. The summed E-state index contributed by atoms with van der Waals surface area (Å²) in [7, 11) is 0. The van der Waals surface area contributed by atoms with Gasteiger partial charge in [-0.25, -0.2) is 10.2 Å². The second-order valence-electron chi connectivity index (χ2n) is 5.56. The Labute approximate surface area is 108 Å². The highest BCUT2D eigenvalue weighted by molar-refractivity contribution is 5.67. The lowest BCUT2D eigenvalue weighted by Gasteiger charge is -2.21. The monoisotopic (exact) mass is 248 g/mol. The largest absolute Gasteiger partial charge is 0.443 e. The molecular weight excluding hydrogens is 228 g/mol. The summed E-state index contributed by atoms with van der Waals surface area (Å²) in [5.74, 6) is 0. The Kier molecular flexibility index (Phi) is 3.57. The van der Waals surface area contributed by atoms with Crippen LogP contribution in [0.3, 0.4) is 0 Å². The van der Waals surface area contributed by atoms with Crippen molar-refractivity contribution in [1.82, 2.24) is 10.9 Å². The second kappa shape index (κ2) is 4.98. The third-order valence-corrected chi connectivity index (χ3v) is 2.88. The number of carbonyl (C=O) groups excluding carboxylic acids is 1. The van der Waals surface area contributed by atoms with E-state index in [1.54, 1.807) is 0 Å². The summed E-state index contributed by atoms with van der Waals surface area (Å²) in [6.07, 6.45) is 1.60. The van der Waals surface area contributed by atoms with Crippen molar-refractivity contribution in [2.75, 3.05) is 0 Å². The van der Waals surface area contributed by atoms with E-state index in [1.165, 1.54) is 11.1 Å². The summed E-state index contributed by atoms with van der Waals surface area (Å²) in [5.41, 5.74) is 7.78. The van der Waals surface area contributed by atoms with Crippen LogP contribution in [-0.4, -0.2) is 11.7 Å². The molecule has 1 aliphatic carbocycles. The SMILES string of the molecule is CC(C)(C)OC(=O)NNC1CCc2ccccc21. The van der Waals surface area contributed by atoms with E-state index in [4.69, 9.17) is 4.74 Å². The minimum Gasteiger partial charge on any atom is -0.443 e. The van der Waals surface area contributed by atoms with Crippen LogP contribution >= 0.6 is 0 Å². The fraction of sp³-hybridized carbons (Fsp3) is 0.500. The van der Waals surface area contributed by atoms with Crippen LogP contribution in [0.4, 0.5) is 4.79 Å². The standard InChI is InChI=1S/C14H20N2O2/c1-14(2,3)18-13(17)16-15-12-9-8-10-6-4-5-7-11(10)12/h4-7,12,15H,8-9H2,1-3H3,(H,16,17). The topological polar surface area (TPSA) is 50.4 Å². The molecule has 2 N–H and O–H groups in total. The van der Waals surface area contributed by atoms with Crippen molar-refractivity contribution in [3.05, 3.63) is 35.4 Å². The van der Waals surface area contributed by atoms with Gasteiger partial charge in [-0.15, -0.1) is 0 Å². The molecule has 0 bridgehead atoms. The Bertz CT molecular complexity index is 438. The number of nitrogens with one attached hydrogen (secondary N) is 2. The van der Waals surface area contributed by atoms with E-state index in [0.29, 0.717) is 0 Å². The number of ether oxygens (including phenoxy) is 1. The highest BCUT2D eigenvalue weighted by Crippen LogP contribution is 2.30. The van der Waals surface area contributed by atoms with Gasteiger partial charge in [-0.2, -0.15) is 0 Å². The number of carbonyl (C=O) groups is 1. The van der Waals surface area contributed by atoms with Gasteiger partial charge in [-0.3, -0.25) is 5.43 Å². The Morgan fingerprint density at radius 2 is 2.06 bits per heavy atom. The maximum Gasteiger partial charge on any atom is 0.422 e. The Morgan fingerprint density at radius 1 is 1.33 bits per heavy atom. The molecule has 1 atom stereocenters. The van der Waals surface area contributed by atoms with Crippen molar-refractivity contribution in [3.8, 4) is 0 Å². The van der Waals surface area contributed by atoms with Crippen molar-refractivity contribution in [2.45, 2.75) is 45.3 Å². The molecule has 1 aromatic carbocycles. The molecule has 0 fully saturated rings. The van der Waals surface area contributed by atoms with Gasteiger partial charge in [-0.1, -0.05) is 24.3 Å². The van der Waals surface area contributed by atoms with Gasteiger partial charge in [0.1, 0.15) is 5.60 Å². The van der Waals surface area contributed by atoms with Gasteiger partial charge in [0, 0.05) is 0 Å². The molecule has 0 saturated heterocycles. The third kappa shape index (κ3) is 3.23. The average Bonchev–Trinajstić information content (AvgIpc) is 2.67. The van der Waals surface area contributed by atoms with Crippen LogP contribution < -0.4 is 10.9 Å². The lowest BCUT2D eigenvalue weighted by atomic mass is 10.1. The lowest BCUT2D eigenvalue weighted by Crippen LogP contribution is -2.42. The van der Waals surface area contributed by atoms with Crippen LogP contribution in [0.5, 0.6) is 0 Å². The average molecular weight is 248 g/mol. The highest BCUT2D eigenvalue weighted by Gasteiger charge is 2.23. The fourth-order valence-corrected chi connectivity index (χ4v) is 2.16. The molecule has 4 nitrogen and oxygen atoms in total. The minimum absolute atomic E-state index is 0.175. The van der Waals surface area contributed by atoms with Gasteiger partial charge in [0.15, 0.2) is 0 Å². The van der Waals surface area contributed by atoms with E-state index in [9.17, 15) is 4.79 Å². The van der Waals surface area contributed by atoms with Crippen molar-refractivity contribution >= 4 is 6.09 Å². The summed E-state index contributed by atoms with van der Waals surface area (Å²) in [5, 5.41) is 0. The van der Waals surface area contributed by atoms with Gasteiger partial charge in [-0.05, 0) is 44.7 Å². The summed E-state index contributed by atoms with van der Waals surface area (Å²) in [6.45, 7) is 5.53. The van der Waals surface area contributed by atoms with E-state index in [0.717, 1.165) is 12.8 Å². The molecule has 0 spiro atoms. The lowest BCUT2D eigenvalue weighted by molar-refractivity contribution is 0.0487. The Balaban J connectivity index is 1.87. The molecule has 4 heteroatoms. The predicted molar refractivity (Wildman–Crippen MR) is 70.0 cm³/mol. The molecule has 0 radical (unpaired) electrons. The number of rotatable bonds is 2. The molecule has 0 saturated carbocycles. The number of benzene rings is 1. The quantitative estimate of drug-likeness (QED) is 0.791. The molecule has 2 rings (SSSR count). The maximum absolute atomic E-state index is 11.5. The number of hydrogen-bond acceptors (Lipinski definition) is 3. The zero-order valence-corrected chi connectivity index (χ0v) is 11.1. The molecule has 98 valence electrons. The molecule has 1 amide bonds. The van der Waals surface area contributed by atoms with Crippen LogP contribution in [0.25, 0.3) is 0 Å². The van der Waals surface area contributed by atoms with Crippen LogP contribution in [0.1, 0.15) is 44.4 Å². The highest BCUT2D eigenvalue weighted by atomic mass is 16.6. The van der Waals surface area contributed by atoms with Crippen molar-refractivity contribution < 1.29 is 9.53 Å². The van der Waals surface area contributed by atoms with Gasteiger partial charge in [0.2, 0.25) is 0 Å². The normalized spacial score (nSPS) is 18.3. The van der Waals surface area contributed by atoms with Gasteiger partial charge in [0.25, 0.3) is 0 Å². The van der Waals surface area contributed by atoms with Crippen molar-refractivity contribution in [1.29, 1.82) is 0 Å². The number of hydrogen-bond donors (Lipinski definition) is 2. The Morgan fingerprint density at radius 3 is 2.78 bits per heavy atom. The van der Waals surface area contributed by atoms with E-state index in [1.807, 2.05) is 32.9 Å². The first-order valence-corrected chi connectivity index (χ1v) is 6.28. The first-order chi connectivity index (χ1) is 8.46. The fourth-order valence-electron chi connectivity index (χ4n) is 2.16. The summed E-state index contributed by atoms with van der Waals surface area (Å²) in [4.78, 5) is 11.5. The van der Waals surface area contributed by atoms with Crippen LogP contribution in [0.15, 0.2) is 24.3 Å². The van der Waals surface area contributed by atoms with E-state index >= 15 is 0 Å². The molecule has 0 aliphatic heterocycles. The van der Waals surface area contributed by atoms with E-state index in [-0.39, 0.29) is 6.04 Å². The first kappa shape index (κ1) is 12.9. The number of hydrazine groups is 1. The molecule has 18 heavy (non-hydrogen) atoms. The zero-order valence-electron chi connectivity index (χ0n) is 11.1. The van der Waals surface area contributed by atoms with Crippen LogP contribution in [0.2, 0.25) is 0 Å². The Hall–Kier alpha value is -1.55. The summed E-state index contributed by atoms with van der Waals surface area (Å²) < 4.78 is 5.17. The molecule has 0 aromatic heterocycles. The number of amides is 1. The van der Waals surface area contributed by atoms with Gasteiger partial charge >= 0.3 is 6.09 Å². The molecular formula is C14H20N2O2. The molecule has 1 aromatic rings. The van der Waals surface area contributed by atoms with Crippen LogP contribution in [0, 0.1) is 0 Å². The van der Waals surface area contributed by atoms with Gasteiger partial charge < -0.3 is 4.74 Å². The molecule has 1 aliphatic rings. The number of fused-ring (bicyclic) bond motifs is 1.